The number of carbonyl (C=O) groups excluding carboxylic acids is 2. The number of alkyl halides is 3. The molecule has 0 fully saturated rings. The first kappa shape index (κ1) is 21.0. The van der Waals surface area contributed by atoms with Crippen LogP contribution in [0.3, 0.4) is 0 Å². The molecule has 29 heavy (non-hydrogen) atoms. The molecule has 1 unspecified atom stereocenters. The number of benzene rings is 1. The molecule has 0 spiro atoms. The monoisotopic (exact) mass is 421 g/mol. The zero-order valence-corrected chi connectivity index (χ0v) is 16.5. The third-order valence-corrected chi connectivity index (χ3v) is 6.11. The third kappa shape index (κ3) is 4.19. The van der Waals surface area contributed by atoms with E-state index < -0.39 is 34.2 Å². The Balaban J connectivity index is 1.83. The molecule has 1 aromatic heterocycles. The van der Waals surface area contributed by atoms with E-state index in [-0.39, 0.29) is 17.7 Å². The van der Waals surface area contributed by atoms with Crippen molar-refractivity contribution in [2.24, 2.45) is 10.7 Å². The van der Waals surface area contributed by atoms with Gasteiger partial charge in [0.05, 0.1) is 10.6 Å². The zero-order valence-electron chi connectivity index (χ0n) is 15.7. The van der Waals surface area contributed by atoms with Gasteiger partial charge in [0.25, 0.3) is 11.8 Å². The number of carbonyl (C=O) groups is 2. The molecule has 1 aromatic carbocycles. The predicted molar refractivity (Wildman–Crippen MR) is 105 cm³/mol. The van der Waals surface area contributed by atoms with Crippen LogP contribution >= 0.6 is 11.8 Å². The highest BCUT2D eigenvalue weighted by molar-refractivity contribution is 8.15. The molecule has 2 atom stereocenters. The zero-order chi connectivity index (χ0) is 21.4. The summed E-state index contributed by atoms with van der Waals surface area (Å²) in [6, 6.07) is 8.43. The standard InChI is InChI=1S/C20H18F3N3O2S/c1-11(13-5-3-4-6-14(13)20(21,22)23)9-16-26-18(28)19(2,29-16)12-7-8-25-15(10-12)17(24)27/h3-8,10-11H,9H2,1-2H3,(H2,24,27)/t11-,19?/m1/s1. The minimum Gasteiger partial charge on any atom is -0.364 e. The van der Waals surface area contributed by atoms with Crippen LogP contribution < -0.4 is 5.73 Å². The molecule has 152 valence electrons. The van der Waals surface area contributed by atoms with E-state index in [1.807, 2.05) is 0 Å². The van der Waals surface area contributed by atoms with Crippen LogP contribution in [0.1, 0.15) is 53.4 Å². The van der Waals surface area contributed by atoms with Crippen LogP contribution in [0.2, 0.25) is 0 Å². The number of hydrogen-bond donors (Lipinski definition) is 1. The van der Waals surface area contributed by atoms with Crippen LogP contribution in [-0.2, 0) is 15.7 Å². The minimum absolute atomic E-state index is 0.0260. The van der Waals surface area contributed by atoms with Gasteiger partial charge in [0, 0.05) is 12.6 Å². The average Bonchev–Trinajstić information content (AvgIpc) is 2.95. The summed E-state index contributed by atoms with van der Waals surface area (Å²) >= 11 is 1.17. The summed E-state index contributed by atoms with van der Waals surface area (Å²) in [5, 5.41) is 0.444. The van der Waals surface area contributed by atoms with Crippen molar-refractivity contribution >= 4 is 28.6 Å². The molecule has 2 amide bonds. The smallest absolute Gasteiger partial charge is 0.364 e. The van der Waals surface area contributed by atoms with Crippen molar-refractivity contribution in [3.8, 4) is 0 Å². The lowest BCUT2D eigenvalue weighted by atomic mass is 9.93. The Morgan fingerprint density at radius 2 is 1.97 bits per heavy atom. The number of hydrogen-bond acceptors (Lipinski definition) is 4. The molecule has 1 aliphatic heterocycles. The summed E-state index contributed by atoms with van der Waals surface area (Å²) in [7, 11) is 0. The fourth-order valence-corrected chi connectivity index (χ4v) is 4.52. The molecule has 2 N–H and O–H groups in total. The first-order chi connectivity index (χ1) is 13.5. The molecular weight excluding hydrogens is 403 g/mol. The molecule has 0 aliphatic carbocycles. The number of halogens is 3. The highest BCUT2D eigenvalue weighted by Crippen LogP contribution is 2.45. The second kappa shape index (κ2) is 7.62. The Morgan fingerprint density at radius 1 is 1.28 bits per heavy atom. The molecule has 2 heterocycles. The quantitative estimate of drug-likeness (QED) is 0.781. The van der Waals surface area contributed by atoms with Crippen LogP contribution in [0, 0.1) is 0 Å². The van der Waals surface area contributed by atoms with Gasteiger partial charge in [-0.25, -0.2) is 4.99 Å². The largest absolute Gasteiger partial charge is 0.416 e. The Bertz CT molecular complexity index is 1010. The summed E-state index contributed by atoms with van der Waals surface area (Å²) in [5.74, 6) is -1.65. The molecular formula is C20H18F3N3O2S. The summed E-state index contributed by atoms with van der Waals surface area (Å²) in [5.41, 5.74) is 5.26. The minimum atomic E-state index is -4.46. The van der Waals surface area contributed by atoms with Gasteiger partial charge in [-0.15, -0.1) is 0 Å². The maximum absolute atomic E-state index is 13.3. The van der Waals surface area contributed by atoms with E-state index >= 15 is 0 Å². The Morgan fingerprint density at radius 3 is 2.62 bits per heavy atom. The van der Waals surface area contributed by atoms with Crippen molar-refractivity contribution < 1.29 is 22.8 Å². The molecule has 1 aliphatic rings. The van der Waals surface area contributed by atoms with E-state index in [0.717, 1.165) is 6.07 Å². The number of nitrogens with two attached hydrogens (primary N) is 1. The van der Waals surface area contributed by atoms with Gasteiger partial charge in [-0.2, -0.15) is 13.2 Å². The van der Waals surface area contributed by atoms with Crippen molar-refractivity contribution in [1.82, 2.24) is 4.98 Å². The van der Waals surface area contributed by atoms with Crippen molar-refractivity contribution in [3.63, 3.8) is 0 Å². The molecule has 0 bridgehead atoms. The first-order valence-electron chi connectivity index (χ1n) is 8.76. The summed E-state index contributed by atoms with van der Waals surface area (Å²) in [4.78, 5) is 31.9. The molecule has 9 heteroatoms. The van der Waals surface area contributed by atoms with Gasteiger partial charge in [-0.05, 0) is 42.2 Å². The van der Waals surface area contributed by atoms with Crippen molar-refractivity contribution in [2.75, 3.05) is 0 Å². The van der Waals surface area contributed by atoms with Gasteiger partial charge in [0.1, 0.15) is 10.4 Å². The number of amides is 2. The fourth-order valence-electron chi connectivity index (χ4n) is 3.21. The lowest BCUT2D eigenvalue weighted by molar-refractivity contribution is -0.138. The Hall–Kier alpha value is -2.68. The average molecular weight is 421 g/mol. The number of nitrogens with zero attached hydrogens (tertiary/aromatic N) is 2. The second-order valence-electron chi connectivity index (χ2n) is 6.93. The van der Waals surface area contributed by atoms with E-state index in [1.165, 1.54) is 36.2 Å². The SMILES string of the molecule is C[C@H](CC1=NC(=O)C(C)(c2ccnc(C(N)=O)c2)S1)c1ccccc1C(F)(F)F. The van der Waals surface area contributed by atoms with Gasteiger partial charge in [-0.3, -0.25) is 14.6 Å². The van der Waals surface area contributed by atoms with E-state index in [9.17, 15) is 22.8 Å². The highest BCUT2D eigenvalue weighted by atomic mass is 32.2. The molecule has 3 rings (SSSR count). The lowest BCUT2D eigenvalue weighted by Gasteiger charge is -2.22. The topological polar surface area (TPSA) is 85.4 Å². The molecule has 0 radical (unpaired) electrons. The van der Waals surface area contributed by atoms with Crippen molar-refractivity contribution in [2.45, 2.75) is 37.1 Å². The Kier molecular flexibility index (Phi) is 5.53. The fraction of sp³-hybridized carbons (Fsp3) is 0.300. The molecule has 5 nitrogen and oxygen atoms in total. The van der Waals surface area contributed by atoms with Crippen molar-refractivity contribution in [3.05, 3.63) is 65.0 Å². The summed E-state index contributed by atoms with van der Waals surface area (Å²) < 4.78 is 38.8. The number of primary amides is 1. The number of aromatic nitrogens is 1. The third-order valence-electron chi connectivity index (χ3n) is 4.80. The molecule has 2 aromatic rings. The maximum atomic E-state index is 13.3. The Labute approximate surface area is 169 Å². The van der Waals surface area contributed by atoms with Crippen LogP contribution in [-0.4, -0.2) is 21.8 Å². The van der Waals surface area contributed by atoms with Crippen LogP contribution in [0.25, 0.3) is 0 Å². The normalized spacial score (nSPS) is 20.4. The predicted octanol–water partition coefficient (Wildman–Crippen LogP) is 4.28. The summed E-state index contributed by atoms with van der Waals surface area (Å²) in [6.45, 7) is 3.33. The van der Waals surface area contributed by atoms with E-state index in [4.69, 9.17) is 5.73 Å². The highest BCUT2D eigenvalue weighted by Gasteiger charge is 2.43. The number of rotatable bonds is 5. The number of aliphatic imine (C=N–C) groups is 1. The van der Waals surface area contributed by atoms with Gasteiger partial charge in [0.15, 0.2) is 0 Å². The summed E-state index contributed by atoms with van der Waals surface area (Å²) in [6.07, 6.45) is -2.89. The number of thioether (sulfide) groups is 1. The van der Waals surface area contributed by atoms with Gasteiger partial charge < -0.3 is 5.73 Å². The molecule has 0 saturated heterocycles. The lowest BCUT2D eigenvalue weighted by Crippen LogP contribution is -2.25. The van der Waals surface area contributed by atoms with Gasteiger partial charge in [0.2, 0.25) is 0 Å². The maximum Gasteiger partial charge on any atom is 0.416 e. The van der Waals surface area contributed by atoms with E-state index in [2.05, 4.69) is 9.98 Å². The van der Waals surface area contributed by atoms with Crippen LogP contribution in [0.15, 0.2) is 47.6 Å². The van der Waals surface area contributed by atoms with Gasteiger partial charge in [-0.1, -0.05) is 36.9 Å². The van der Waals surface area contributed by atoms with E-state index in [0.29, 0.717) is 10.6 Å². The second-order valence-corrected chi connectivity index (χ2v) is 8.42. The van der Waals surface area contributed by atoms with Gasteiger partial charge >= 0.3 is 6.18 Å². The first-order valence-corrected chi connectivity index (χ1v) is 9.57. The molecule has 0 saturated carbocycles. The van der Waals surface area contributed by atoms with Crippen molar-refractivity contribution in [1.29, 1.82) is 0 Å². The van der Waals surface area contributed by atoms with E-state index in [1.54, 1.807) is 26.0 Å². The van der Waals surface area contributed by atoms with Crippen LogP contribution in [0.4, 0.5) is 13.2 Å². The van der Waals surface area contributed by atoms with Crippen LogP contribution in [0.5, 0.6) is 0 Å². The number of pyridine rings is 1.